The molecule has 0 aliphatic carbocycles. The van der Waals surface area contributed by atoms with Crippen molar-refractivity contribution in [1.82, 2.24) is 10.6 Å². The molecule has 0 aromatic rings. The minimum atomic E-state index is -2.37. The second-order valence-corrected chi connectivity index (χ2v) is 15.0. The van der Waals surface area contributed by atoms with E-state index in [1.807, 2.05) is 0 Å². The third-order valence-corrected chi connectivity index (χ3v) is 8.98. The maximum atomic E-state index is 13.1. The number of amides is 2. The van der Waals surface area contributed by atoms with Crippen molar-refractivity contribution in [2.45, 2.75) is 101 Å². The lowest BCUT2D eigenvalue weighted by Gasteiger charge is -2.31. The quantitative estimate of drug-likeness (QED) is 0.0295. The van der Waals surface area contributed by atoms with Crippen molar-refractivity contribution in [3.8, 4) is 0 Å². The number of hydrogen-bond donors (Lipinski definition) is 2. The monoisotopic (exact) mass is 1020 g/mol. The molecule has 0 fully saturated rings. The fraction of sp³-hybridized carbons (Fsp3) is 0.500. The molecule has 0 bridgehead atoms. The number of carbonyl (C=O) groups excluding carboxylic acids is 12. The van der Waals surface area contributed by atoms with Crippen LogP contribution in [-0.4, -0.2) is 148 Å². The molecular formula is C48H64N2O22. The van der Waals surface area contributed by atoms with Crippen LogP contribution in [0.15, 0.2) is 75.9 Å². The summed E-state index contributed by atoms with van der Waals surface area (Å²) in [5, 5.41) is 4.94. The summed E-state index contributed by atoms with van der Waals surface area (Å²) in [5.74, 6) is -14.5. The first kappa shape index (κ1) is 64.1. The summed E-state index contributed by atoms with van der Waals surface area (Å²) < 4.78 is 50.8. The third-order valence-electron chi connectivity index (χ3n) is 8.98. The Kier molecular flexibility index (Phi) is 32.1. The van der Waals surface area contributed by atoms with Crippen molar-refractivity contribution < 1.29 is 105 Å². The zero-order chi connectivity index (χ0) is 54.5. The van der Waals surface area contributed by atoms with Gasteiger partial charge in [-0.25, -0.2) is 19.2 Å². The highest BCUT2D eigenvalue weighted by Crippen LogP contribution is 2.30. The fourth-order valence-electron chi connectivity index (χ4n) is 5.76. The average Bonchev–Trinajstić information content (AvgIpc) is 3.32. The van der Waals surface area contributed by atoms with Gasteiger partial charge in [-0.2, -0.15) is 0 Å². The Hall–Kier alpha value is -7.92. The molecule has 2 N–H and O–H groups in total. The van der Waals surface area contributed by atoms with Crippen molar-refractivity contribution in [2.75, 3.05) is 52.7 Å². The minimum absolute atomic E-state index is 0.0115. The number of nitrogens with one attached hydrogen (secondary N) is 2. The Morgan fingerprint density at radius 3 is 0.806 bits per heavy atom. The molecular weight excluding hydrogens is 957 g/mol. The lowest BCUT2D eigenvalue weighted by atomic mass is 9.91. The lowest BCUT2D eigenvalue weighted by Crippen LogP contribution is -2.45. The standard InChI is InChI=1S/C48H64N2O22/c1-9-19-63-37(53)27-47(28-38(54)64-20-10-2,29-39(55)65-21-11-3)71-45(61)43(59)69-33(15-7)25-35(51)49-17-18-50-36(52)26-34(16-8)70-44(60)46(62)72-48(30-40(56)66-22-12-4,31-41(57)67-23-13-5)32-42(58)68-24-14-6/h9-14,33-34H,1-6,15-32H2,7-8H3,(H,49,51)(H,50,52). The molecule has 0 heterocycles. The number of esters is 10. The van der Waals surface area contributed by atoms with E-state index in [-0.39, 0.29) is 65.6 Å². The Morgan fingerprint density at radius 2 is 0.611 bits per heavy atom. The largest absolute Gasteiger partial charge is 0.461 e. The van der Waals surface area contributed by atoms with Crippen LogP contribution < -0.4 is 10.6 Å². The van der Waals surface area contributed by atoms with Gasteiger partial charge >= 0.3 is 59.7 Å². The molecule has 0 saturated carbocycles. The van der Waals surface area contributed by atoms with E-state index in [4.69, 9.17) is 47.4 Å². The van der Waals surface area contributed by atoms with Crippen LogP contribution in [0.2, 0.25) is 0 Å². The van der Waals surface area contributed by atoms with Gasteiger partial charge in [0.15, 0.2) is 0 Å². The second-order valence-electron chi connectivity index (χ2n) is 15.0. The number of rotatable bonds is 37. The van der Waals surface area contributed by atoms with E-state index in [1.54, 1.807) is 0 Å². The molecule has 0 rings (SSSR count). The van der Waals surface area contributed by atoms with Crippen LogP contribution in [0.25, 0.3) is 0 Å². The smallest absolute Gasteiger partial charge is 0.418 e. The molecule has 2 atom stereocenters. The van der Waals surface area contributed by atoms with E-state index in [1.165, 1.54) is 50.3 Å². The summed E-state index contributed by atoms with van der Waals surface area (Å²) in [4.78, 5) is 154. The van der Waals surface area contributed by atoms with Crippen LogP contribution in [0.1, 0.15) is 78.1 Å². The highest BCUT2D eigenvalue weighted by atomic mass is 16.6. The molecule has 398 valence electrons. The Labute approximate surface area is 416 Å². The fourth-order valence-corrected chi connectivity index (χ4v) is 5.76. The summed E-state index contributed by atoms with van der Waals surface area (Å²) in [5.41, 5.74) is -4.74. The average molecular weight is 1020 g/mol. The first-order chi connectivity index (χ1) is 34.2. The van der Waals surface area contributed by atoms with Crippen molar-refractivity contribution in [3.05, 3.63) is 75.9 Å². The van der Waals surface area contributed by atoms with E-state index in [2.05, 4.69) is 50.1 Å². The van der Waals surface area contributed by atoms with Gasteiger partial charge in [0.25, 0.3) is 0 Å². The zero-order valence-corrected chi connectivity index (χ0v) is 40.6. The van der Waals surface area contributed by atoms with Crippen LogP contribution in [-0.2, 0) is 105 Å². The van der Waals surface area contributed by atoms with E-state index in [9.17, 15) is 57.5 Å². The summed E-state index contributed by atoms with van der Waals surface area (Å²) in [6, 6.07) is 0. The molecule has 0 spiro atoms. The molecule has 24 heteroatoms. The van der Waals surface area contributed by atoms with Gasteiger partial charge in [0.05, 0.1) is 51.4 Å². The second kappa shape index (κ2) is 36.1. The predicted molar refractivity (Wildman–Crippen MR) is 248 cm³/mol. The molecule has 24 nitrogen and oxygen atoms in total. The molecule has 0 aliphatic heterocycles. The van der Waals surface area contributed by atoms with Crippen LogP contribution in [0.5, 0.6) is 0 Å². The summed E-state index contributed by atoms with van der Waals surface area (Å²) in [7, 11) is 0. The van der Waals surface area contributed by atoms with Crippen LogP contribution in [0.4, 0.5) is 0 Å². The number of hydrogen-bond acceptors (Lipinski definition) is 22. The predicted octanol–water partition coefficient (Wildman–Crippen LogP) is 1.92. The molecule has 0 aromatic heterocycles. The van der Waals surface area contributed by atoms with E-state index in [0.717, 1.165) is 0 Å². The van der Waals surface area contributed by atoms with Gasteiger partial charge in [0.2, 0.25) is 11.8 Å². The van der Waals surface area contributed by atoms with Gasteiger partial charge < -0.3 is 58.0 Å². The Balaban J connectivity index is 5.74. The van der Waals surface area contributed by atoms with E-state index >= 15 is 0 Å². The van der Waals surface area contributed by atoms with Crippen molar-refractivity contribution in [1.29, 1.82) is 0 Å². The molecule has 0 saturated heterocycles. The molecule has 72 heavy (non-hydrogen) atoms. The van der Waals surface area contributed by atoms with Gasteiger partial charge in [-0.1, -0.05) is 89.8 Å². The Bertz CT molecular complexity index is 1710. The molecule has 0 radical (unpaired) electrons. The summed E-state index contributed by atoms with van der Waals surface area (Å²) in [6.07, 6.45) is -1.68. The van der Waals surface area contributed by atoms with Gasteiger partial charge in [-0.05, 0) is 12.8 Å². The lowest BCUT2D eigenvalue weighted by molar-refractivity contribution is -0.189. The van der Waals surface area contributed by atoms with Crippen LogP contribution in [0.3, 0.4) is 0 Å². The summed E-state index contributed by atoms with van der Waals surface area (Å²) in [6.45, 7) is 21.4. The zero-order valence-electron chi connectivity index (χ0n) is 40.6. The van der Waals surface area contributed by atoms with E-state index in [0.29, 0.717) is 0 Å². The molecule has 2 amide bonds. The highest BCUT2D eigenvalue weighted by molar-refractivity contribution is 6.30. The number of ether oxygens (including phenoxy) is 10. The van der Waals surface area contributed by atoms with Crippen molar-refractivity contribution >= 4 is 71.5 Å². The SMILES string of the molecule is C=CCOC(=O)CC(CC(=O)OCC=C)(CC(=O)OCC=C)OC(=O)C(=O)OC(CC)CC(=O)NCCNC(=O)CC(CC)OC(=O)C(=O)OC(CC(=O)OCC=C)(CC(=O)OCC=C)CC(=O)OCC=C. The summed E-state index contributed by atoms with van der Waals surface area (Å²) >= 11 is 0. The first-order valence-corrected chi connectivity index (χ1v) is 22.2. The van der Waals surface area contributed by atoms with Gasteiger partial charge in [0, 0.05) is 13.1 Å². The first-order valence-electron chi connectivity index (χ1n) is 22.2. The number of carbonyl (C=O) groups is 12. The molecule has 0 aliphatic rings. The van der Waals surface area contributed by atoms with Crippen LogP contribution >= 0.6 is 0 Å². The van der Waals surface area contributed by atoms with Gasteiger partial charge in [-0.3, -0.25) is 38.4 Å². The normalized spacial score (nSPS) is 11.4. The van der Waals surface area contributed by atoms with E-state index < -0.39 is 146 Å². The maximum Gasteiger partial charge on any atom is 0.418 e. The van der Waals surface area contributed by atoms with Crippen molar-refractivity contribution in [3.63, 3.8) is 0 Å². The van der Waals surface area contributed by atoms with Gasteiger partial charge in [-0.15, -0.1) is 0 Å². The Morgan fingerprint density at radius 1 is 0.389 bits per heavy atom. The van der Waals surface area contributed by atoms with Crippen molar-refractivity contribution in [2.24, 2.45) is 0 Å². The maximum absolute atomic E-state index is 13.1. The topological polar surface area (TPSA) is 321 Å². The minimum Gasteiger partial charge on any atom is -0.461 e. The van der Waals surface area contributed by atoms with Crippen LogP contribution in [0, 0.1) is 0 Å². The highest BCUT2D eigenvalue weighted by Gasteiger charge is 2.46. The molecule has 0 aromatic carbocycles. The molecule has 2 unspecified atom stereocenters. The third kappa shape index (κ3) is 27.9. The van der Waals surface area contributed by atoms with Gasteiger partial charge in [0.1, 0.15) is 63.1 Å².